The van der Waals surface area contributed by atoms with Crippen LogP contribution < -0.4 is 10.6 Å². The van der Waals surface area contributed by atoms with Crippen LogP contribution in [0.15, 0.2) is 59.1 Å². The van der Waals surface area contributed by atoms with Gasteiger partial charge in [-0.25, -0.2) is 0 Å². The van der Waals surface area contributed by atoms with Crippen molar-refractivity contribution in [2.45, 2.75) is 32.4 Å². The standard InChI is InChI=1S/C28H35N5O5/c1-20(2)37-19-24(33-14-16-36-17-15-33)18-30-28(35)26-31-25(38-32-26)12-13-29-27(34)23-10-8-22(9-11-23)21-6-4-3-5-7-21/h3-11,20,24H,12-19H2,1-2H3,(H,29,34)(H,30,35). The van der Waals surface area contributed by atoms with Gasteiger partial charge < -0.3 is 24.6 Å². The molecule has 10 nitrogen and oxygen atoms in total. The molecule has 0 aliphatic carbocycles. The van der Waals surface area contributed by atoms with Crippen molar-refractivity contribution in [2.75, 3.05) is 46.0 Å². The number of aromatic nitrogens is 2. The molecule has 1 saturated heterocycles. The molecular weight excluding hydrogens is 486 g/mol. The van der Waals surface area contributed by atoms with Gasteiger partial charge in [-0.1, -0.05) is 47.6 Å². The number of hydrogen-bond acceptors (Lipinski definition) is 8. The average molecular weight is 522 g/mol. The monoisotopic (exact) mass is 521 g/mol. The van der Waals surface area contributed by atoms with Crippen molar-refractivity contribution in [1.82, 2.24) is 25.7 Å². The van der Waals surface area contributed by atoms with Gasteiger partial charge in [0, 0.05) is 38.2 Å². The minimum absolute atomic E-state index is 0.0218. The smallest absolute Gasteiger partial charge is 0.292 e. The fraction of sp³-hybridized carbons (Fsp3) is 0.429. The molecule has 1 atom stereocenters. The molecule has 38 heavy (non-hydrogen) atoms. The fourth-order valence-corrected chi connectivity index (χ4v) is 4.11. The van der Waals surface area contributed by atoms with E-state index in [9.17, 15) is 9.59 Å². The second-order valence-electron chi connectivity index (χ2n) is 9.36. The number of hydrogen-bond donors (Lipinski definition) is 2. The summed E-state index contributed by atoms with van der Waals surface area (Å²) in [5.74, 6) is -0.360. The van der Waals surface area contributed by atoms with Crippen LogP contribution in [-0.2, 0) is 15.9 Å². The van der Waals surface area contributed by atoms with Gasteiger partial charge in [-0.15, -0.1) is 0 Å². The maximum absolute atomic E-state index is 12.6. The number of benzene rings is 2. The molecule has 4 rings (SSSR count). The maximum Gasteiger partial charge on any atom is 0.292 e. The number of ether oxygens (including phenoxy) is 2. The van der Waals surface area contributed by atoms with Gasteiger partial charge in [-0.2, -0.15) is 4.98 Å². The van der Waals surface area contributed by atoms with E-state index in [1.165, 1.54) is 0 Å². The first-order valence-corrected chi connectivity index (χ1v) is 13.0. The molecule has 2 N–H and O–H groups in total. The van der Waals surface area contributed by atoms with Crippen LogP contribution >= 0.6 is 0 Å². The van der Waals surface area contributed by atoms with Gasteiger partial charge in [0.1, 0.15) is 0 Å². The Morgan fingerprint density at radius 1 is 0.974 bits per heavy atom. The number of rotatable bonds is 12. The van der Waals surface area contributed by atoms with Crippen LogP contribution in [0.25, 0.3) is 11.1 Å². The third kappa shape index (κ3) is 7.95. The quantitative estimate of drug-likeness (QED) is 0.373. The average Bonchev–Trinajstić information content (AvgIpc) is 3.43. The third-order valence-corrected chi connectivity index (χ3v) is 6.23. The topological polar surface area (TPSA) is 119 Å². The predicted octanol–water partition coefficient (Wildman–Crippen LogP) is 2.56. The molecule has 1 unspecified atom stereocenters. The summed E-state index contributed by atoms with van der Waals surface area (Å²) in [6.07, 6.45) is 0.412. The van der Waals surface area contributed by atoms with Crippen LogP contribution in [0.1, 0.15) is 40.7 Å². The highest BCUT2D eigenvalue weighted by atomic mass is 16.5. The van der Waals surface area contributed by atoms with Crippen LogP contribution in [0, 0.1) is 0 Å². The molecule has 1 aromatic heterocycles. The number of nitrogens with zero attached hydrogens (tertiary/aromatic N) is 3. The molecule has 10 heteroatoms. The summed E-state index contributed by atoms with van der Waals surface area (Å²) in [6.45, 7) is 8.08. The first-order chi connectivity index (χ1) is 18.5. The molecule has 2 amide bonds. The summed E-state index contributed by atoms with van der Waals surface area (Å²) in [5, 5.41) is 9.54. The van der Waals surface area contributed by atoms with Gasteiger partial charge in [-0.3, -0.25) is 14.5 Å². The zero-order chi connectivity index (χ0) is 26.7. The number of nitrogens with one attached hydrogen (secondary N) is 2. The molecule has 1 aliphatic heterocycles. The Morgan fingerprint density at radius 3 is 2.39 bits per heavy atom. The van der Waals surface area contributed by atoms with Gasteiger partial charge in [-0.05, 0) is 37.1 Å². The summed E-state index contributed by atoms with van der Waals surface area (Å²) in [6, 6.07) is 17.4. The van der Waals surface area contributed by atoms with Crippen molar-refractivity contribution < 1.29 is 23.6 Å². The number of morpholine rings is 1. The Morgan fingerprint density at radius 2 is 1.68 bits per heavy atom. The van der Waals surface area contributed by atoms with Gasteiger partial charge in [0.2, 0.25) is 5.89 Å². The molecule has 2 heterocycles. The Balaban J connectivity index is 1.23. The SMILES string of the molecule is CC(C)OCC(CNC(=O)c1noc(CCNC(=O)c2ccc(-c3ccccc3)cc2)n1)N1CCOCC1. The largest absolute Gasteiger partial charge is 0.379 e. The molecule has 1 aliphatic rings. The molecule has 0 saturated carbocycles. The van der Waals surface area contributed by atoms with E-state index in [1.807, 2.05) is 56.3 Å². The summed E-state index contributed by atoms with van der Waals surface area (Å²) < 4.78 is 16.5. The highest BCUT2D eigenvalue weighted by Gasteiger charge is 2.23. The lowest BCUT2D eigenvalue weighted by Crippen LogP contribution is -2.51. The zero-order valence-corrected chi connectivity index (χ0v) is 21.9. The normalized spacial score (nSPS) is 14.8. The third-order valence-electron chi connectivity index (χ3n) is 6.23. The molecule has 0 spiro atoms. The summed E-state index contributed by atoms with van der Waals surface area (Å²) in [7, 11) is 0. The van der Waals surface area contributed by atoms with Crippen molar-refractivity contribution >= 4 is 11.8 Å². The molecule has 0 bridgehead atoms. The van der Waals surface area contributed by atoms with E-state index in [4.69, 9.17) is 14.0 Å². The van der Waals surface area contributed by atoms with Gasteiger partial charge in [0.15, 0.2) is 0 Å². The lowest BCUT2D eigenvalue weighted by Gasteiger charge is -2.34. The minimum Gasteiger partial charge on any atom is -0.379 e. The second kappa shape index (κ2) is 13.8. The summed E-state index contributed by atoms with van der Waals surface area (Å²) >= 11 is 0. The van der Waals surface area contributed by atoms with E-state index in [1.54, 1.807) is 12.1 Å². The van der Waals surface area contributed by atoms with E-state index >= 15 is 0 Å². The summed E-state index contributed by atoms with van der Waals surface area (Å²) in [4.78, 5) is 31.6. The predicted molar refractivity (Wildman–Crippen MR) is 142 cm³/mol. The lowest BCUT2D eigenvalue weighted by atomic mass is 10.0. The van der Waals surface area contributed by atoms with Crippen molar-refractivity contribution in [3.8, 4) is 11.1 Å². The summed E-state index contributed by atoms with van der Waals surface area (Å²) in [5.41, 5.74) is 2.70. The first kappa shape index (κ1) is 27.4. The second-order valence-corrected chi connectivity index (χ2v) is 9.36. The number of amides is 2. The Labute approximate surface area is 222 Å². The lowest BCUT2D eigenvalue weighted by molar-refractivity contribution is -0.0215. The zero-order valence-electron chi connectivity index (χ0n) is 21.9. The van der Waals surface area contributed by atoms with E-state index in [0.717, 1.165) is 24.2 Å². The van der Waals surface area contributed by atoms with Crippen LogP contribution in [-0.4, -0.2) is 85.0 Å². The number of carbonyl (C=O) groups excluding carboxylic acids is 2. The number of carbonyl (C=O) groups is 2. The fourth-order valence-electron chi connectivity index (χ4n) is 4.11. The Kier molecular flexibility index (Phi) is 9.97. The van der Waals surface area contributed by atoms with Gasteiger partial charge in [0.05, 0.1) is 32.0 Å². The van der Waals surface area contributed by atoms with Gasteiger partial charge >= 0.3 is 0 Å². The highest BCUT2D eigenvalue weighted by Crippen LogP contribution is 2.19. The molecule has 202 valence electrons. The maximum atomic E-state index is 12.6. The van der Waals surface area contributed by atoms with Crippen molar-refractivity contribution in [2.24, 2.45) is 0 Å². The van der Waals surface area contributed by atoms with Crippen LogP contribution in [0.4, 0.5) is 0 Å². The van der Waals surface area contributed by atoms with Gasteiger partial charge in [0.25, 0.3) is 17.6 Å². The van der Waals surface area contributed by atoms with E-state index in [2.05, 4.69) is 25.7 Å². The molecule has 0 radical (unpaired) electrons. The van der Waals surface area contributed by atoms with E-state index in [-0.39, 0.29) is 29.8 Å². The van der Waals surface area contributed by atoms with Crippen LogP contribution in [0.3, 0.4) is 0 Å². The van der Waals surface area contributed by atoms with Crippen molar-refractivity contribution in [3.63, 3.8) is 0 Å². The molecule has 3 aromatic rings. The molecule has 1 fully saturated rings. The molecular formula is C28H35N5O5. The highest BCUT2D eigenvalue weighted by molar-refractivity contribution is 5.94. The van der Waals surface area contributed by atoms with E-state index in [0.29, 0.717) is 44.9 Å². The Bertz CT molecular complexity index is 1160. The molecule has 2 aromatic carbocycles. The van der Waals surface area contributed by atoms with Crippen molar-refractivity contribution in [1.29, 1.82) is 0 Å². The van der Waals surface area contributed by atoms with Crippen LogP contribution in [0.5, 0.6) is 0 Å². The van der Waals surface area contributed by atoms with E-state index < -0.39 is 5.91 Å². The first-order valence-electron chi connectivity index (χ1n) is 13.0. The minimum atomic E-state index is -0.412. The van der Waals surface area contributed by atoms with Crippen LogP contribution in [0.2, 0.25) is 0 Å². The Hall–Kier alpha value is -3.60. The van der Waals surface area contributed by atoms with Crippen molar-refractivity contribution in [3.05, 3.63) is 71.9 Å².